The Labute approximate surface area is 118 Å². The number of rotatable bonds is 2. The van der Waals surface area contributed by atoms with Gasteiger partial charge < -0.3 is 9.72 Å². The van der Waals surface area contributed by atoms with E-state index in [9.17, 15) is 4.39 Å². The van der Waals surface area contributed by atoms with Crippen molar-refractivity contribution >= 4 is 32.5 Å². The number of methoxy groups -OCH3 is 1. The van der Waals surface area contributed by atoms with Crippen LogP contribution in [0.1, 0.15) is 18.7 Å². The summed E-state index contributed by atoms with van der Waals surface area (Å²) in [6, 6.07) is 1.60. The van der Waals surface area contributed by atoms with Gasteiger partial charge in [-0.15, -0.1) is 0 Å². The molecule has 1 N–H and O–H groups in total. The number of aromatic nitrogens is 2. The summed E-state index contributed by atoms with van der Waals surface area (Å²) in [6.45, 7) is 0. The van der Waals surface area contributed by atoms with Crippen molar-refractivity contribution < 1.29 is 9.13 Å². The Hall–Kier alpha value is -1.62. The highest BCUT2D eigenvalue weighted by Gasteiger charge is 2.17. The van der Waals surface area contributed by atoms with E-state index in [1.54, 1.807) is 13.2 Å². The molecule has 3 rings (SSSR count). The van der Waals surface area contributed by atoms with Crippen molar-refractivity contribution in [2.75, 3.05) is 7.11 Å². The van der Waals surface area contributed by atoms with Gasteiger partial charge in [-0.05, 0) is 34.8 Å². The molecule has 98 valence electrons. The third-order valence-electron chi connectivity index (χ3n) is 3.11. The highest BCUT2D eigenvalue weighted by molar-refractivity contribution is 9.10. The molecule has 1 heterocycles. The minimum atomic E-state index is -0.376. The fraction of sp³-hybridized carbons (Fsp3) is 0.214. The normalized spacial score (nSPS) is 14.8. The van der Waals surface area contributed by atoms with E-state index < -0.39 is 0 Å². The van der Waals surface area contributed by atoms with Crippen LogP contribution < -0.4 is 4.74 Å². The number of benzene rings is 1. The van der Waals surface area contributed by atoms with E-state index in [2.05, 4.69) is 38.0 Å². The van der Waals surface area contributed by atoms with Crippen LogP contribution in [0, 0.1) is 5.82 Å². The summed E-state index contributed by atoms with van der Waals surface area (Å²) in [5, 5.41) is 0. The first-order valence-electron chi connectivity index (χ1n) is 5.99. The standard InChI is InChI=1S/C14H12BrFN2O/c1-19-10-7-9(15)11(16)13-12(10)17-14(18-13)8-5-3-2-4-6-8/h3,5-7H,2,4H2,1H3,(H,17,18). The quantitative estimate of drug-likeness (QED) is 0.899. The summed E-state index contributed by atoms with van der Waals surface area (Å²) in [6.07, 6.45) is 8.20. The van der Waals surface area contributed by atoms with E-state index in [1.807, 2.05) is 6.08 Å². The molecule has 0 unspecified atom stereocenters. The van der Waals surface area contributed by atoms with Crippen LogP contribution in [0.15, 0.2) is 28.8 Å². The number of hydrogen-bond donors (Lipinski definition) is 1. The fourth-order valence-electron chi connectivity index (χ4n) is 2.16. The summed E-state index contributed by atoms with van der Waals surface area (Å²) < 4.78 is 19.7. The molecule has 0 radical (unpaired) electrons. The van der Waals surface area contributed by atoms with Crippen molar-refractivity contribution in [1.82, 2.24) is 9.97 Å². The lowest BCUT2D eigenvalue weighted by Crippen LogP contribution is -1.88. The van der Waals surface area contributed by atoms with Crippen molar-refractivity contribution in [2.45, 2.75) is 12.8 Å². The number of imidazole rings is 1. The Balaban J connectivity index is 2.22. The zero-order valence-corrected chi connectivity index (χ0v) is 11.9. The van der Waals surface area contributed by atoms with Crippen molar-refractivity contribution in [2.24, 2.45) is 0 Å². The second-order valence-corrected chi connectivity index (χ2v) is 5.18. The van der Waals surface area contributed by atoms with Gasteiger partial charge in [-0.2, -0.15) is 0 Å². The Bertz CT molecular complexity index is 703. The van der Waals surface area contributed by atoms with Crippen molar-refractivity contribution in [1.29, 1.82) is 0 Å². The van der Waals surface area contributed by atoms with Crippen LogP contribution in [-0.4, -0.2) is 17.1 Å². The van der Waals surface area contributed by atoms with Crippen LogP contribution in [0.3, 0.4) is 0 Å². The molecule has 1 aromatic carbocycles. The lowest BCUT2D eigenvalue weighted by molar-refractivity contribution is 0.418. The third-order valence-corrected chi connectivity index (χ3v) is 3.69. The van der Waals surface area contributed by atoms with Crippen LogP contribution >= 0.6 is 15.9 Å². The molecule has 0 saturated heterocycles. The summed E-state index contributed by atoms with van der Waals surface area (Å²) in [4.78, 5) is 7.48. The zero-order valence-electron chi connectivity index (χ0n) is 10.3. The first kappa shape index (κ1) is 12.4. The number of allylic oxidation sites excluding steroid dienone is 4. The maximum absolute atomic E-state index is 14.1. The van der Waals surface area contributed by atoms with Gasteiger partial charge in [0.1, 0.15) is 22.6 Å². The summed E-state index contributed by atoms with van der Waals surface area (Å²) in [5.74, 6) is 0.863. The monoisotopic (exact) mass is 322 g/mol. The summed E-state index contributed by atoms with van der Waals surface area (Å²) in [7, 11) is 1.55. The van der Waals surface area contributed by atoms with Gasteiger partial charge in [0.2, 0.25) is 0 Å². The molecule has 0 atom stereocenters. The molecule has 5 heteroatoms. The van der Waals surface area contributed by atoms with E-state index in [4.69, 9.17) is 4.74 Å². The molecule has 2 aromatic rings. The molecule has 19 heavy (non-hydrogen) atoms. The molecule has 0 saturated carbocycles. The molecule has 1 aromatic heterocycles. The van der Waals surface area contributed by atoms with Gasteiger partial charge in [-0.1, -0.05) is 18.2 Å². The maximum Gasteiger partial charge on any atom is 0.165 e. The van der Waals surface area contributed by atoms with Crippen LogP contribution in [0.25, 0.3) is 16.6 Å². The third kappa shape index (κ3) is 2.08. The number of halogens is 2. The topological polar surface area (TPSA) is 37.9 Å². The molecule has 0 bridgehead atoms. The second-order valence-electron chi connectivity index (χ2n) is 4.32. The van der Waals surface area contributed by atoms with Crippen molar-refractivity contribution in [3.05, 3.63) is 40.4 Å². The van der Waals surface area contributed by atoms with Crippen molar-refractivity contribution in [3.63, 3.8) is 0 Å². The number of fused-ring (bicyclic) bond motifs is 1. The first-order chi connectivity index (χ1) is 9.20. The Kier molecular flexibility index (Phi) is 3.14. The Morgan fingerprint density at radius 3 is 2.95 bits per heavy atom. The first-order valence-corrected chi connectivity index (χ1v) is 6.79. The fourth-order valence-corrected chi connectivity index (χ4v) is 2.56. The average molecular weight is 323 g/mol. The number of aromatic amines is 1. The lowest BCUT2D eigenvalue weighted by Gasteiger charge is -2.03. The minimum absolute atomic E-state index is 0.293. The molecule has 1 aliphatic rings. The number of H-pyrrole nitrogens is 1. The smallest absolute Gasteiger partial charge is 0.165 e. The Morgan fingerprint density at radius 2 is 2.26 bits per heavy atom. The van der Waals surface area contributed by atoms with Gasteiger partial charge >= 0.3 is 0 Å². The van der Waals surface area contributed by atoms with E-state index >= 15 is 0 Å². The largest absolute Gasteiger partial charge is 0.494 e. The van der Waals surface area contributed by atoms with Gasteiger partial charge in [-0.3, -0.25) is 0 Å². The van der Waals surface area contributed by atoms with E-state index in [-0.39, 0.29) is 5.82 Å². The summed E-state index contributed by atoms with van der Waals surface area (Å²) in [5.41, 5.74) is 1.86. The minimum Gasteiger partial charge on any atom is -0.494 e. The number of hydrogen-bond acceptors (Lipinski definition) is 2. The highest BCUT2D eigenvalue weighted by atomic mass is 79.9. The van der Waals surface area contributed by atoms with Gasteiger partial charge in [0.05, 0.1) is 11.6 Å². The van der Waals surface area contributed by atoms with E-state index in [1.165, 1.54) is 0 Å². The molecule has 0 spiro atoms. The van der Waals surface area contributed by atoms with E-state index in [0.717, 1.165) is 18.4 Å². The second kappa shape index (κ2) is 4.81. The molecule has 1 aliphatic carbocycles. The molecular formula is C14H12BrFN2O. The van der Waals surface area contributed by atoms with Crippen molar-refractivity contribution in [3.8, 4) is 5.75 Å². The predicted molar refractivity (Wildman–Crippen MR) is 76.7 cm³/mol. The predicted octanol–water partition coefficient (Wildman–Crippen LogP) is 4.21. The molecule has 0 fully saturated rings. The van der Waals surface area contributed by atoms with E-state index in [0.29, 0.717) is 27.1 Å². The average Bonchev–Trinajstić information content (AvgIpc) is 2.89. The molecule has 0 aliphatic heterocycles. The van der Waals surface area contributed by atoms with Crippen LogP contribution in [0.5, 0.6) is 5.75 Å². The molecule has 3 nitrogen and oxygen atoms in total. The summed E-state index contributed by atoms with van der Waals surface area (Å²) >= 11 is 3.18. The SMILES string of the molecule is COc1cc(Br)c(F)c2nc(C3=CCCC=C3)[nH]c12. The van der Waals surface area contributed by atoms with Gasteiger partial charge in [0.25, 0.3) is 0 Å². The van der Waals surface area contributed by atoms with Gasteiger partial charge in [-0.25, -0.2) is 9.37 Å². The Morgan fingerprint density at radius 1 is 1.42 bits per heavy atom. The highest BCUT2D eigenvalue weighted by Crippen LogP contribution is 2.33. The number of ether oxygens (including phenoxy) is 1. The number of nitrogens with one attached hydrogen (secondary N) is 1. The van der Waals surface area contributed by atoms with Gasteiger partial charge in [0.15, 0.2) is 5.82 Å². The van der Waals surface area contributed by atoms with Crippen LogP contribution in [0.4, 0.5) is 4.39 Å². The molecule has 0 amide bonds. The molecular weight excluding hydrogens is 311 g/mol. The lowest BCUT2D eigenvalue weighted by atomic mass is 10.1. The van der Waals surface area contributed by atoms with Gasteiger partial charge in [0, 0.05) is 5.57 Å². The number of nitrogens with zero attached hydrogens (tertiary/aromatic N) is 1. The van der Waals surface area contributed by atoms with Crippen LogP contribution in [-0.2, 0) is 0 Å². The zero-order chi connectivity index (χ0) is 13.4. The maximum atomic E-state index is 14.1. The van der Waals surface area contributed by atoms with Crippen LogP contribution in [0.2, 0.25) is 0 Å².